The van der Waals surface area contributed by atoms with Gasteiger partial charge in [0.15, 0.2) is 0 Å². The number of hydrogen-bond donors (Lipinski definition) is 2. The fraction of sp³-hybridized carbons (Fsp3) is 1.00. The van der Waals surface area contributed by atoms with E-state index >= 15 is 0 Å². The molecule has 112 valence electrons. The minimum Gasteiger partial charge on any atom is -0.314 e. The number of piperazine rings is 1. The van der Waals surface area contributed by atoms with Crippen LogP contribution in [0.3, 0.4) is 0 Å². The van der Waals surface area contributed by atoms with E-state index in [4.69, 9.17) is 0 Å². The van der Waals surface area contributed by atoms with Crippen LogP contribution in [0.4, 0.5) is 0 Å². The van der Waals surface area contributed by atoms with Gasteiger partial charge in [0.05, 0.1) is 0 Å². The highest BCUT2D eigenvalue weighted by Crippen LogP contribution is 2.32. The van der Waals surface area contributed by atoms with Gasteiger partial charge >= 0.3 is 0 Å². The van der Waals surface area contributed by atoms with Crippen LogP contribution in [-0.2, 0) is 0 Å². The van der Waals surface area contributed by atoms with Crippen molar-refractivity contribution in [1.82, 2.24) is 20.4 Å². The highest BCUT2D eigenvalue weighted by atomic mass is 15.3. The Morgan fingerprint density at radius 2 is 1.95 bits per heavy atom. The van der Waals surface area contributed by atoms with Gasteiger partial charge in [-0.25, -0.2) is 0 Å². The average molecular weight is 268 g/mol. The van der Waals surface area contributed by atoms with Gasteiger partial charge in [0.25, 0.3) is 0 Å². The Hall–Kier alpha value is -0.160. The van der Waals surface area contributed by atoms with Crippen LogP contribution in [0.25, 0.3) is 0 Å². The van der Waals surface area contributed by atoms with Crippen LogP contribution in [0.5, 0.6) is 0 Å². The summed E-state index contributed by atoms with van der Waals surface area (Å²) in [5, 5.41) is 7.09. The highest BCUT2D eigenvalue weighted by molar-refractivity contribution is 4.85. The van der Waals surface area contributed by atoms with Crippen molar-refractivity contribution in [2.24, 2.45) is 11.3 Å². The maximum atomic E-state index is 3.69. The summed E-state index contributed by atoms with van der Waals surface area (Å²) in [5.74, 6) is 0.835. The summed E-state index contributed by atoms with van der Waals surface area (Å²) < 4.78 is 0. The zero-order chi connectivity index (χ0) is 13.7. The molecular weight excluding hydrogens is 236 g/mol. The number of rotatable bonds is 5. The van der Waals surface area contributed by atoms with Crippen LogP contribution in [0.15, 0.2) is 0 Å². The first-order valence-corrected chi connectivity index (χ1v) is 7.90. The molecule has 0 amide bonds. The summed E-state index contributed by atoms with van der Waals surface area (Å²) in [4.78, 5) is 5.01. The second kappa shape index (κ2) is 7.02. The Kier molecular flexibility index (Phi) is 5.63. The topological polar surface area (TPSA) is 30.5 Å². The number of piperidine rings is 1. The van der Waals surface area contributed by atoms with Crippen molar-refractivity contribution in [3.63, 3.8) is 0 Å². The van der Waals surface area contributed by atoms with E-state index in [1.807, 2.05) is 0 Å². The SMILES string of the molecule is CN1CCCC(C(C)(C)CNCN2CCNCC2)C1. The minimum atomic E-state index is 0.405. The molecule has 0 saturated carbocycles. The molecule has 0 bridgehead atoms. The van der Waals surface area contributed by atoms with Crippen molar-refractivity contribution >= 4 is 0 Å². The number of nitrogens with one attached hydrogen (secondary N) is 2. The second-order valence-electron chi connectivity index (χ2n) is 7.04. The van der Waals surface area contributed by atoms with Crippen LogP contribution < -0.4 is 10.6 Å². The third kappa shape index (κ3) is 4.71. The standard InChI is InChI=1S/C15H32N4/c1-15(2,14-5-4-8-18(3)11-14)12-17-13-19-9-6-16-7-10-19/h14,16-17H,4-13H2,1-3H3. The Balaban J connectivity index is 1.70. The van der Waals surface area contributed by atoms with E-state index in [1.165, 1.54) is 39.0 Å². The van der Waals surface area contributed by atoms with Crippen LogP contribution in [0, 0.1) is 11.3 Å². The molecule has 0 aromatic heterocycles. The molecular formula is C15H32N4. The summed E-state index contributed by atoms with van der Waals surface area (Å²) in [6.45, 7) is 14.2. The molecule has 0 aromatic carbocycles. The molecule has 19 heavy (non-hydrogen) atoms. The molecule has 4 nitrogen and oxygen atoms in total. The van der Waals surface area contributed by atoms with Crippen LogP contribution in [0.1, 0.15) is 26.7 Å². The molecule has 2 aliphatic heterocycles. The molecule has 4 heteroatoms. The van der Waals surface area contributed by atoms with Crippen molar-refractivity contribution in [2.45, 2.75) is 26.7 Å². The van der Waals surface area contributed by atoms with E-state index < -0.39 is 0 Å². The Labute approximate surface area is 118 Å². The molecule has 2 N–H and O–H groups in total. The molecule has 2 saturated heterocycles. The lowest BCUT2D eigenvalue weighted by molar-refractivity contribution is 0.0966. The molecule has 1 atom stereocenters. The Morgan fingerprint density at radius 1 is 1.21 bits per heavy atom. The molecule has 2 heterocycles. The minimum absolute atomic E-state index is 0.405. The second-order valence-corrected chi connectivity index (χ2v) is 7.04. The fourth-order valence-electron chi connectivity index (χ4n) is 3.35. The highest BCUT2D eigenvalue weighted by Gasteiger charge is 2.31. The van der Waals surface area contributed by atoms with Gasteiger partial charge in [-0.2, -0.15) is 0 Å². The molecule has 0 aromatic rings. The van der Waals surface area contributed by atoms with Crippen molar-refractivity contribution in [3.05, 3.63) is 0 Å². The maximum Gasteiger partial charge on any atom is 0.0481 e. The fourth-order valence-corrected chi connectivity index (χ4v) is 3.35. The quantitative estimate of drug-likeness (QED) is 0.772. The van der Waals surface area contributed by atoms with Gasteiger partial charge in [-0.15, -0.1) is 0 Å². The summed E-state index contributed by atoms with van der Waals surface area (Å²) in [6, 6.07) is 0. The van der Waals surface area contributed by atoms with Crippen LogP contribution in [-0.4, -0.2) is 69.3 Å². The number of nitrogens with zero attached hydrogens (tertiary/aromatic N) is 2. The smallest absolute Gasteiger partial charge is 0.0481 e. The number of likely N-dealkylation sites (tertiary alicyclic amines) is 1. The van der Waals surface area contributed by atoms with Gasteiger partial charge in [-0.1, -0.05) is 13.8 Å². The predicted molar refractivity (Wildman–Crippen MR) is 81.3 cm³/mol. The van der Waals surface area contributed by atoms with Gasteiger partial charge in [0.2, 0.25) is 0 Å². The van der Waals surface area contributed by atoms with Gasteiger partial charge in [0, 0.05) is 45.9 Å². The van der Waals surface area contributed by atoms with Crippen molar-refractivity contribution in [2.75, 3.05) is 59.5 Å². The summed E-state index contributed by atoms with van der Waals surface area (Å²) >= 11 is 0. The summed E-state index contributed by atoms with van der Waals surface area (Å²) in [7, 11) is 2.26. The van der Waals surface area contributed by atoms with Crippen LogP contribution in [0.2, 0.25) is 0 Å². The van der Waals surface area contributed by atoms with Gasteiger partial charge in [-0.05, 0) is 37.8 Å². The largest absolute Gasteiger partial charge is 0.314 e. The maximum absolute atomic E-state index is 3.69. The van der Waals surface area contributed by atoms with Crippen molar-refractivity contribution in [3.8, 4) is 0 Å². The van der Waals surface area contributed by atoms with Gasteiger partial charge in [-0.3, -0.25) is 4.90 Å². The molecule has 0 radical (unpaired) electrons. The van der Waals surface area contributed by atoms with Gasteiger partial charge < -0.3 is 15.5 Å². The molecule has 1 unspecified atom stereocenters. The van der Waals surface area contributed by atoms with Crippen LogP contribution >= 0.6 is 0 Å². The normalized spacial score (nSPS) is 27.6. The summed E-state index contributed by atoms with van der Waals surface area (Å²) in [6.07, 6.45) is 2.76. The predicted octanol–water partition coefficient (Wildman–Crippen LogP) is 0.807. The lowest BCUT2D eigenvalue weighted by Crippen LogP contribution is -2.50. The van der Waals surface area contributed by atoms with E-state index in [0.29, 0.717) is 5.41 Å². The van der Waals surface area contributed by atoms with Crippen molar-refractivity contribution in [1.29, 1.82) is 0 Å². The molecule has 2 fully saturated rings. The Morgan fingerprint density at radius 3 is 2.63 bits per heavy atom. The molecule has 2 aliphatic rings. The van der Waals surface area contributed by atoms with E-state index in [9.17, 15) is 0 Å². The first kappa shape index (κ1) is 15.2. The number of hydrogen-bond acceptors (Lipinski definition) is 4. The molecule has 2 rings (SSSR count). The van der Waals surface area contributed by atoms with Gasteiger partial charge in [0.1, 0.15) is 0 Å². The van der Waals surface area contributed by atoms with E-state index in [2.05, 4.69) is 41.3 Å². The Bertz CT molecular complexity index is 261. The lowest BCUT2D eigenvalue weighted by Gasteiger charge is -2.41. The van der Waals surface area contributed by atoms with E-state index in [0.717, 1.165) is 32.2 Å². The molecule has 0 aliphatic carbocycles. The first-order chi connectivity index (χ1) is 9.08. The van der Waals surface area contributed by atoms with E-state index in [-0.39, 0.29) is 0 Å². The third-order valence-corrected chi connectivity index (χ3v) is 4.86. The first-order valence-electron chi connectivity index (χ1n) is 7.90. The zero-order valence-electron chi connectivity index (χ0n) is 13.0. The van der Waals surface area contributed by atoms with Crippen molar-refractivity contribution < 1.29 is 0 Å². The van der Waals surface area contributed by atoms with E-state index in [1.54, 1.807) is 0 Å². The zero-order valence-corrected chi connectivity index (χ0v) is 13.0. The lowest BCUT2D eigenvalue weighted by atomic mass is 9.74. The third-order valence-electron chi connectivity index (χ3n) is 4.86. The monoisotopic (exact) mass is 268 g/mol. The average Bonchev–Trinajstić information content (AvgIpc) is 2.40. The molecule has 0 spiro atoms. The summed E-state index contributed by atoms with van der Waals surface area (Å²) in [5.41, 5.74) is 0.405.